The standard InChI is InChI=1S/C17H19ClF4N2O3/c1-16(2,3)27-15(26)24-8-17(21,22)7-13(24)14(25)23(4)12-5-9(18)10(19)6-11(12)20/h5-6,13H,7-8H2,1-4H3/t13-/m0/s1. The van der Waals surface area contributed by atoms with Crippen LogP contribution in [0, 0.1) is 11.6 Å². The van der Waals surface area contributed by atoms with Crippen LogP contribution >= 0.6 is 11.6 Å². The van der Waals surface area contributed by atoms with Crippen LogP contribution in [0.1, 0.15) is 27.2 Å². The largest absolute Gasteiger partial charge is 0.444 e. The predicted octanol–water partition coefficient (Wildman–Crippen LogP) is 4.23. The minimum absolute atomic E-state index is 0.397. The molecule has 1 saturated heterocycles. The van der Waals surface area contributed by atoms with Crippen LogP contribution in [0.25, 0.3) is 0 Å². The van der Waals surface area contributed by atoms with Crippen LogP contribution in [0.5, 0.6) is 0 Å². The van der Waals surface area contributed by atoms with Crippen molar-refractivity contribution < 1.29 is 31.9 Å². The molecule has 5 nitrogen and oxygen atoms in total. The van der Waals surface area contributed by atoms with E-state index in [9.17, 15) is 27.2 Å². The van der Waals surface area contributed by atoms with Crippen molar-refractivity contribution in [3.8, 4) is 0 Å². The van der Waals surface area contributed by atoms with Crippen LogP contribution in [-0.2, 0) is 9.53 Å². The van der Waals surface area contributed by atoms with Crippen LogP contribution < -0.4 is 4.90 Å². The summed E-state index contributed by atoms with van der Waals surface area (Å²) in [6.45, 7) is 3.66. The van der Waals surface area contributed by atoms with Crippen molar-refractivity contribution >= 4 is 29.3 Å². The molecule has 27 heavy (non-hydrogen) atoms. The third kappa shape index (κ3) is 4.82. The Morgan fingerprint density at radius 1 is 1.26 bits per heavy atom. The third-order valence-corrected chi connectivity index (χ3v) is 4.15. The molecule has 0 saturated carbocycles. The summed E-state index contributed by atoms with van der Waals surface area (Å²) < 4.78 is 60.2. The van der Waals surface area contributed by atoms with Crippen LogP contribution in [0.3, 0.4) is 0 Å². The average Bonchev–Trinajstić information content (AvgIpc) is 2.84. The lowest BCUT2D eigenvalue weighted by Crippen LogP contribution is -2.48. The monoisotopic (exact) mass is 410 g/mol. The van der Waals surface area contributed by atoms with Crippen LogP contribution in [0.15, 0.2) is 12.1 Å². The summed E-state index contributed by atoms with van der Waals surface area (Å²) in [4.78, 5) is 26.3. The van der Waals surface area contributed by atoms with Crippen molar-refractivity contribution in [3.05, 3.63) is 28.8 Å². The molecule has 2 amide bonds. The molecule has 0 radical (unpaired) electrons. The second kappa shape index (κ2) is 7.18. The minimum Gasteiger partial charge on any atom is -0.444 e. The summed E-state index contributed by atoms with van der Waals surface area (Å²) in [6.07, 6.45) is -2.02. The van der Waals surface area contributed by atoms with Gasteiger partial charge in [0.2, 0.25) is 5.91 Å². The maximum Gasteiger partial charge on any atom is 0.411 e. The second-order valence-corrected chi connectivity index (χ2v) is 7.71. The molecule has 150 valence electrons. The average molecular weight is 411 g/mol. The Kier molecular flexibility index (Phi) is 5.66. The number of carbonyl (C=O) groups is 2. The van der Waals surface area contributed by atoms with Gasteiger partial charge in [-0.25, -0.2) is 22.4 Å². The lowest BCUT2D eigenvalue weighted by molar-refractivity contribution is -0.122. The van der Waals surface area contributed by atoms with Crippen molar-refractivity contribution in [1.29, 1.82) is 0 Å². The SMILES string of the molecule is CN(C(=O)[C@@H]1CC(F)(F)CN1C(=O)OC(C)(C)C)c1cc(Cl)c(F)cc1F. The fourth-order valence-corrected chi connectivity index (χ4v) is 2.82. The first kappa shape index (κ1) is 21.3. The number of likely N-dealkylation sites (tertiary alicyclic amines) is 1. The number of ether oxygens (including phenoxy) is 1. The second-order valence-electron chi connectivity index (χ2n) is 7.30. The maximum absolute atomic E-state index is 14.0. The normalized spacial score (nSPS) is 19.1. The number of alkyl halides is 2. The summed E-state index contributed by atoms with van der Waals surface area (Å²) in [5.74, 6) is -6.40. The molecule has 1 aliphatic heterocycles. The molecule has 1 atom stereocenters. The van der Waals surface area contributed by atoms with Crippen molar-refractivity contribution in [1.82, 2.24) is 4.90 Å². The molecule has 1 heterocycles. The molecular formula is C17H19ClF4N2O3. The van der Waals surface area contributed by atoms with Crippen LogP contribution in [-0.4, -0.2) is 48.1 Å². The number of amides is 2. The van der Waals surface area contributed by atoms with Gasteiger partial charge in [0.25, 0.3) is 5.92 Å². The molecule has 1 fully saturated rings. The number of hydrogen-bond acceptors (Lipinski definition) is 3. The van der Waals surface area contributed by atoms with E-state index in [1.165, 1.54) is 0 Å². The molecule has 0 N–H and O–H groups in total. The van der Waals surface area contributed by atoms with Crippen LogP contribution in [0.4, 0.5) is 28.0 Å². The van der Waals surface area contributed by atoms with E-state index in [0.29, 0.717) is 11.0 Å². The third-order valence-electron chi connectivity index (χ3n) is 3.86. The Labute approximate surface area is 158 Å². The van der Waals surface area contributed by atoms with E-state index in [1.807, 2.05) is 0 Å². The molecule has 0 spiro atoms. The van der Waals surface area contributed by atoms with E-state index in [-0.39, 0.29) is 0 Å². The van der Waals surface area contributed by atoms with Gasteiger partial charge >= 0.3 is 6.09 Å². The highest BCUT2D eigenvalue weighted by atomic mass is 35.5. The molecule has 1 aromatic rings. The summed E-state index contributed by atoms with van der Waals surface area (Å²) in [6, 6.07) is -0.214. The number of rotatable bonds is 2. The molecule has 2 rings (SSSR count). The van der Waals surface area contributed by atoms with Gasteiger partial charge in [0.1, 0.15) is 23.3 Å². The first-order chi connectivity index (χ1) is 12.2. The first-order valence-corrected chi connectivity index (χ1v) is 8.39. The van der Waals surface area contributed by atoms with Gasteiger partial charge in [-0.05, 0) is 26.8 Å². The van der Waals surface area contributed by atoms with Gasteiger partial charge in [-0.1, -0.05) is 11.6 Å². The van der Waals surface area contributed by atoms with Crippen molar-refractivity contribution in [2.24, 2.45) is 0 Å². The molecule has 1 aliphatic rings. The van der Waals surface area contributed by atoms with Crippen LogP contribution in [0.2, 0.25) is 5.02 Å². The molecule has 10 heteroatoms. The molecular weight excluding hydrogens is 392 g/mol. The van der Waals surface area contributed by atoms with E-state index in [1.54, 1.807) is 20.8 Å². The number of halogens is 5. The van der Waals surface area contributed by atoms with E-state index in [2.05, 4.69) is 0 Å². The van der Waals surface area contributed by atoms with Crippen molar-refractivity contribution in [3.63, 3.8) is 0 Å². The van der Waals surface area contributed by atoms with Gasteiger partial charge in [0.15, 0.2) is 0 Å². The number of anilines is 1. The van der Waals surface area contributed by atoms with Gasteiger partial charge in [-0.3, -0.25) is 9.69 Å². The number of nitrogens with zero attached hydrogens (tertiary/aromatic N) is 2. The predicted molar refractivity (Wildman–Crippen MR) is 91.1 cm³/mol. The van der Waals surface area contributed by atoms with Crippen molar-refractivity contribution in [2.45, 2.75) is 44.8 Å². The molecule has 0 unspecified atom stereocenters. The summed E-state index contributed by atoms with van der Waals surface area (Å²) in [5, 5.41) is -0.438. The summed E-state index contributed by atoms with van der Waals surface area (Å²) >= 11 is 5.61. The highest BCUT2D eigenvalue weighted by Gasteiger charge is 2.52. The van der Waals surface area contributed by atoms with Gasteiger partial charge in [-0.15, -0.1) is 0 Å². The maximum atomic E-state index is 14.0. The lowest BCUT2D eigenvalue weighted by Gasteiger charge is -2.29. The quantitative estimate of drug-likeness (QED) is 0.541. The Morgan fingerprint density at radius 3 is 2.41 bits per heavy atom. The van der Waals surface area contributed by atoms with E-state index in [4.69, 9.17) is 16.3 Å². The minimum atomic E-state index is -3.31. The van der Waals surface area contributed by atoms with Crippen molar-refractivity contribution in [2.75, 3.05) is 18.5 Å². The smallest absolute Gasteiger partial charge is 0.411 e. The number of carbonyl (C=O) groups excluding carboxylic acids is 2. The highest BCUT2D eigenvalue weighted by Crippen LogP contribution is 2.35. The highest BCUT2D eigenvalue weighted by molar-refractivity contribution is 6.31. The molecule has 0 aromatic heterocycles. The summed E-state index contributed by atoms with van der Waals surface area (Å²) in [5.41, 5.74) is -1.35. The topological polar surface area (TPSA) is 49.9 Å². The Morgan fingerprint density at radius 2 is 1.85 bits per heavy atom. The van der Waals surface area contributed by atoms with E-state index >= 15 is 0 Å². The summed E-state index contributed by atoms with van der Waals surface area (Å²) in [7, 11) is 1.12. The molecule has 0 aliphatic carbocycles. The van der Waals surface area contributed by atoms with Gasteiger partial charge in [-0.2, -0.15) is 0 Å². The zero-order valence-corrected chi connectivity index (χ0v) is 15.9. The Hall–Kier alpha value is -2.03. The Bertz CT molecular complexity index is 767. The van der Waals surface area contributed by atoms with Gasteiger partial charge < -0.3 is 9.64 Å². The zero-order valence-electron chi connectivity index (χ0n) is 15.2. The lowest BCUT2D eigenvalue weighted by atomic mass is 10.1. The number of benzene rings is 1. The fraction of sp³-hybridized carbons (Fsp3) is 0.529. The molecule has 0 bridgehead atoms. The Balaban J connectivity index is 2.31. The molecule has 1 aromatic carbocycles. The van der Waals surface area contributed by atoms with Gasteiger partial charge in [0, 0.05) is 19.5 Å². The fourth-order valence-electron chi connectivity index (χ4n) is 2.66. The van der Waals surface area contributed by atoms with E-state index in [0.717, 1.165) is 18.0 Å². The first-order valence-electron chi connectivity index (χ1n) is 8.01. The zero-order chi connectivity index (χ0) is 20.7. The van der Waals surface area contributed by atoms with E-state index < -0.39 is 64.9 Å². The number of likely N-dealkylation sites (N-methyl/N-ethyl adjacent to an activating group) is 1. The van der Waals surface area contributed by atoms with Gasteiger partial charge in [0.05, 0.1) is 17.3 Å². The number of hydrogen-bond donors (Lipinski definition) is 0.